The van der Waals surface area contributed by atoms with Crippen LogP contribution < -0.4 is 10.1 Å². The first kappa shape index (κ1) is 14.8. The number of carbonyl (C=O) groups is 1. The van der Waals surface area contributed by atoms with Crippen molar-refractivity contribution in [1.29, 1.82) is 0 Å². The van der Waals surface area contributed by atoms with E-state index in [4.69, 9.17) is 4.74 Å². The van der Waals surface area contributed by atoms with E-state index >= 15 is 0 Å². The lowest BCUT2D eigenvalue weighted by atomic mass is 10.4. The maximum absolute atomic E-state index is 11.7. The van der Waals surface area contributed by atoms with Gasteiger partial charge in [0.1, 0.15) is 0 Å². The summed E-state index contributed by atoms with van der Waals surface area (Å²) < 4.78 is 4.81. The molecule has 20 heavy (non-hydrogen) atoms. The van der Waals surface area contributed by atoms with Crippen LogP contribution in [0, 0.1) is 6.92 Å². The first-order valence-corrected chi connectivity index (χ1v) is 7.96. The summed E-state index contributed by atoms with van der Waals surface area (Å²) in [6, 6.07) is 0.202. The molecule has 0 bridgehead atoms. The maximum Gasteiger partial charge on any atom is 0.336 e. The molecule has 0 aromatic carbocycles. The van der Waals surface area contributed by atoms with Gasteiger partial charge in [-0.2, -0.15) is 16.7 Å². The zero-order valence-electron chi connectivity index (χ0n) is 11.2. The van der Waals surface area contributed by atoms with Gasteiger partial charge in [0, 0.05) is 23.3 Å². The van der Waals surface area contributed by atoms with Gasteiger partial charge in [-0.25, -0.2) is 10.1 Å². The second-order valence-corrected chi connectivity index (χ2v) is 6.05. The third kappa shape index (κ3) is 4.49. The fourth-order valence-corrected chi connectivity index (χ4v) is 2.95. The topological polar surface area (TPSA) is 92.8 Å². The molecule has 0 spiro atoms. The van der Waals surface area contributed by atoms with E-state index in [2.05, 4.69) is 25.5 Å². The zero-order chi connectivity index (χ0) is 14.4. The molecule has 0 aliphatic carbocycles. The van der Waals surface area contributed by atoms with Crippen molar-refractivity contribution < 1.29 is 9.53 Å². The molecule has 2 heterocycles. The van der Waals surface area contributed by atoms with Crippen molar-refractivity contribution >= 4 is 35.0 Å². The monoisotopic (exact) mass is 313 g/mol. The first-order valence-electron chi connectivity index (χ1n) is 5.92. The molecule has 7 nitrogen and oxygen atoms in total. The number of amides is 1. The number of thiazole rings is 1. The SMILES string of the molecule is COc1n[nH]c(NC(=O)CCSCc2csc(C)n2)n1. The number of anilines is 1. The highest BCUT2D eigenvalue weighted by molar-refractivity contribution is 7.98. The molecule has 9 heteroatoms. The minimum Gasteiger partial charge on any atom is -0.466 e. The Hall–Kier alpha value is -1.61. The van der Waals surface area contributed by atoms with E-state index in [1.807, 2.05) is 12.3 Å². The highest BCUT2D eigenvalue weighted by atomic mass is 32.2. The van der Waals surface area contributed by atoms with Gasteiger partial charge in [0.2, 0.25) is 11.9 Å². The maximum atomic E-state index is 11.7. The van der Waals surface area contributed by atoms with Gasteiger partial charge in [-0.1, -0.05) is 0 Å². The molecule has 0 atom stereocenters. The predicted molar refractivity (Wildman–Crippen MR) is 79.2 cm³/mol. The molecule has 2 aromatic heterocycles. The van der Waals surface area contributed by atoms with Crippen LogP contribution in [0.2, 0.25) is 0 Å². The first-order chi connectivity index (χ1) is 9.67. The minimum atomic E-state index is -0.106. The summed E-state index contributed by atoms with van der Waals surface area (Å²) in [6.45, 7) is 1.98. The quantitative estimate of drug-likeness (QED) is 0.758. The number of aromatic amines is 1. The van der Waals surface area contributed by atoms with Crippen LogP contribution >= 0.6 is 23.1 Å². The van der Waals surface area contributed by atoms with Crippen LogP contribution in [0.1, 0.15) is 17.1 Å². The van der Waals surface area contributed by atoms with Crippen molar-refractivity contribution in [2.45, 2.75) is 19.1 Å². The van der Waals surface area contributed by atoms with Crippen molar-refractivity contribution in [3.8, 4) is 6.01 Å². The number of carbonyl (C=O) groups excluding carboxylic acids is 1. The fourth-order valence-electron chi connectivity index (χ4n) is 1.40. The zero-order valence-corrected chi connectivity index (χ0v) is 12.8. The van der Waals surface area contributed by atoms with Gasteiger partial charge < -0.3 is 4.74 Å². The third-order valence-corrected chi connectivity index (χ3v) is 4.11. The van der Waals surface area contributed by atoms with E-state index in [0.29, 0.717) is 12.4 Å². The summed E-state index contributed by atoms with van der Waals surface area (Å²) in [4.78, 5) is 19.9. The van der Waals surface area contributed by atoms with Crippen LogP contribution in [0.15, 0.2) is 5.38 Å². The Kier molecular flexibility index (Phi) is 5.36. The molecule has 1 amide bonds. The molecule has 0 unspecified atom stereocenters. The normalized spacial score (nSPS) is 10.5. The van der Waals surface area contributed by atoms with E-state index in [-0.39, 0.29) is 11.9 Å². The molecule has 0 fully saturated rings. The number of thioether (sulfide) groups is 1. The summed E-state index contributed by atoms with van der Waals surface area (Å²) >= 11 is 3.32. The summed E-state index contributed by atoms with van der Waals surface area (Å²) in [7, 11) is 1.46. The number of H-pyrrole nitrogens is 1. The van der Waals surface area contributed by atoms with Crippen molar-refractivity contribution in [3.63, 3.8) is 0 Å². The molecule has 108 valence electrons. The Morgan fingerprint density at radius 1 is 1.55 bits per heavy atom. The van der Waals surface area contributed by atoms with Gasteiger partial charge in [0.15, 0.2) is 0 Å². The third-order valence-electron chi connectivity index (χ3n) is 2.30. The van der Waals surface area contributed by atoms with Crippen molar-refractivity contribution in [2.24, 2.45) is 0 Å². The molecule has 0 aliphatic heterocycles. The summed E-state index contributed by atoms with van der Waals surface area (Å²) in [6.07, 6.45) is 0.413. The number of hydrogen-bond acceptors (Lipinski definition) is 7. The highest BCUT2D eigenvalue weighted by Crippen LogP contribution is 2.16. The Bertz CT molecular complexity index is 569. The van der Waals surface area contributed by atoms with Gasteiger partial charge in [0.05, 0.1) is 17.8 Å². The van der Waals surface area contributed by atoms with Gasteiger partial charge in [-0.15, -0.1) is 16.4 Å². The smallest absolute Gasteiger partial charge is 0.336 e. The number of aromatic nitrogens is 4. The highest BCUT2D eigenvalue weighted by Gasteiger charge is 2.07. The van der Waals surface area contributed by atoms with Crippen molar-refractivity contribution in [1.82, 2.24) is 20.2 Å². The number of hydrogen-bond donors (Lipinski definition) is 2. The van der Waals surface area contributed by atoms with Crippen LogP contribution in [0.25, 0.3) is 0 Å². The molecule has 0 aliphatic rings. The predicted octanol–water partition coefficient (Wildman–Crippen LogP) is 1.84. The molecular formula is C11H15N5O2S2. The van der Waals surface area contributed by atoms with Crippen LogP contribution in [0.5, 0.6) is 6.01 Å². The number of methoxy groups -OCH3 is 1. The summed E-state index contributed by atoms with van der Waals surface area (Å²) in [5.41, 5.74) is 1.07. The van der Waals surface area contributed by atoms with Crippen LogP contribution in [0.4, 0.5) is 5.95 Å². The van der Waals surface area contributed by atoms with Gasteiger partial charge in [-0.3, -0.25) is 10.1 Å². The fraction of sp³-hybridized carbons (Fsp3) is 0.455. The van der Waals surface area contributed by atoms with E-state index < -0.39 is 0 Å². The summed E-state index contributed by atoms with van der Waals surface area (Å²) in [5, 5.41) is 12.1. The molecular weight excluding hydrogens is 298 g/mol. The van der Waals surface area contributed by atoms with E-state index in [1.165, 1.54) is 7.11 Å². The number of rotatable bonds is 7. The standard InChI is InChI=1S/C11H15N5O2S2/c1-7-12-8(6-20-7)5-19-4-3-9(17)13-10-14-11(18-2)16-15-10/h6H,3-5H2,1-2H3,(H2,13,14,15,16,17). The van der Waals surface area contributed by atoms with Crippen LogP contribution in [-0.2, 0) is 10.5 Å². The van der Waals surface area contributed by atoms with Crippen LogP contribution in [-0.4, -0.2) is 38.9 Å². The molecule has 0 radical (unpaired) electrons. The lowest BCUT2D eigenvalue weighted by molar-refractivity contribution is -0.115. The molecule has 2 rings (SSSR count). The molecule has 0 saturated carbocycles. The lowest BCUT2D eigenvalue weighted by Gasteiger charge is -2.00. The van der Waals surface area contributed by atoms with Crippen molar-refractivity contribution in [2.75, 3.05) is 18.2 Å². The second-order valence-electron chi connectivity index (χ2n) is 3.88. The van der Waals surface area contributed by atoms with E-state index in [9.17, 15) is 4.79 Å². The molecule has 0 saturated heterocycles. The largest absolute Gasteiger partial charge is 0.466 e. The van der Waals surface area contributed by atoms with Gasteiger partial charge in [-0.05, 0) is 6.92 Å². The Balaban J connectivity index is 1.65. The van der Waals surface area contributed by atoms with E-state index in [0.717, 1.165) is 22.2 Å². The average Bonchev–Trinajstić information content (AvgIpc) is 3.04. The molecule has 2 aromatic rings. The number of nitrogens with zero attached hydrogens (tertiary/aromatic N) is 3. The Morgan fingerprint density at radius 2 is 2.40 bits per heavy atom. The summed E-state index contributed by atoms with van der Waals surface area (Å²) in [5.74, 6) is 1.75. The second kappa shape index (κ2) is 7.25. The van der Waals surface area contributed by atoms with Gasteiger partial charge >= 0.3 is 6.01 Å². The molecule has 2 N–H and O–H groups in total. The Morgan fingerprint density at radius 3 is 3.05 bits per heavy atom. The number of aryl methyl sites for hydroxylation is 1. The van der Waals surface area contributed by atoms with Crippen molar-refractivity contribution in [3.05, 3.63) is 16.1 Å². The number of ether oxygens (including phenoxy) is 1. The number of nitrogens with one attached hydrogen (secondary N) is 2. The lowest BCUT2D eigenvalue weighted by Crippen LogP contribution is -2.13. The Labute approximate surface area is 124 Å². The van der Waals surface area contributed by atoms with Crippen LogP contribution in [0.3, 0.4) is 0 Å². The average molecular weight is 313 g/mol. The van der Waals surface area contributed by atoms with Gasteiger partial charge in [0.25, 0.3) is 0 Å². The van der Waals surface area contributed by atoms with E-state index in [1.54, 1.807) is 23.1 Å². The minimum absolute atomic E-state index is 0.106.